The predicted molar refractivity (Wildman–Crippen MR) is 73.7 cm³/mol. The van der Waals surface area contributed by atoms with Gasteiger partial charge in [-0.1, -0.05) is 18.5 Å². The fraction of sp³-hybridized carbons (Fsp3) is 0.417. The third kappa shape index (κ3) is 5.44. The first-order valence-electron chi connectivity index (χ1n) is 5.34. The summed E-state index contributed by atoms with van der Waals surface area (Å²) in [6.07, 6.45) is -0.414. The van der Waals surface area contributed by atoms with Crippen LogP contribution in [0.2, 0.25) is 5.02 Å². The third-order valence-electron chi connectivity index (χ3n) is 2.28. The molecule has 0 aliphatic carbocycles. The van der Waals surface area contributed by atoms with E-state index < -0.39 is 6.10 Å². The summed E-state index contributed by atoms with van der Waals surface area (Å²) in [4.78, 5) is 11.6. The van der Waals surface area contributed by atoms with E-state index in [2.05, 4.69) is 5.32 Å². The number of carbonyl (C=O) groups excluding carboxylic acids is 1. The predicted octanol–water partition coefficient (Wildman–Crippen LogP) is 2.78. The van der Waals surface area contributed by atoms with Crippen molar-refractivity contribution >= 4 is 35.0 Å². The maximum atomic E-state index is 11.6. The zero-order valence-corrected chi connectivity index (χ0v) is 11.4. The molecule has 0 saturated heterocycles. The van der Waals surface area contributed by atoms with Crippen molar-refractivity contribution in [3.8, 4) is 0 Å². The highest BCUT2D eigenvalue weighted by Gasteiger charge is 2.11. The lowest BCUT2D eigenvalue weighted by Gasteiger charge is -2.13. The van der Waals surface area contributed by atoms with E-state index in [0.717, 1.165) is 5.69 Å². The Balaban J connectivity index is 2.37. The van der Waals surface area contributed by atoms with Crippen LogP contribution in [0.5, 0.6) is 0 Å². The number of aliphatic hydroxyl groups excluding tert-OH is 1. The summed E-state index contributed by atoms with van der Waals surface area (Å²) in [5.41, 5.74) is 0.727. The molecule has 0 radical (unpaired) electrons. The standard InChI is InChI=1S/C12H16ClNO2S/c1-8(15)9(2)17-7-12(16)14-11-5-3-10(13)4-6-11/h3-6,8-9,15H,7H2,1-2H3,(H,14,16). The highest BCUT2D eigenvalue weighted by atomic mass is 35.5. The molecule has 0 heterocycles. The number of hydrogen-bond acceptors (Lipinski definition) is 3. The minimum Gasteiger partial charge on any atom is -0.392 e. The lowest BCUT2D eigenvalue weighted by Crippen LogP contribution is -2.20. The second-order valence-corrected chi connectivity index (χ2v) is 5.61. The summed E-state index contributed by atoms with van der Waals surface area (Å²) in [6.45, 7) is 3.61. The molecule has 5 heteroatoms. The van der Waals surface area contributed by atoms with Crippen LogP contribution < -0.4 is 5.32 Å². The van der Waals surface area contributed by atoms with Crippen molar-refractivity contribution in [1.29, 1.82) is 0 Å². The monoisotopic (exact) mass is 273 g/mol. The maximum Gasteiger partial charge on any atom is 0.234 e. The van der Waals surface area contributed by atoms with Crippen LogP contribution in [-0.2, 0) is 4.79 Å². The van der Waals surface area contributed by atoms with Crippen LogP contribution in [-0.4, -0.2) is 28.1 Å². The summed E-state index contributed by atoms with van der Waals surface area (Å²) in [5, 5.41) is 12.7. The van der Waals surface area contributed by atoms with Gasteiger partial charge in [-0.3, -0.25) is 4.79 Å². The van der Waals surface area contributed by atoms with Gasteiger partial charge in [-0.2, -0.15) is 0 Å². The Kier molecular flexibility index (Phi) is 5.82. The third-order valence-corrected chi connectivity index (χ3v) is 3.89. The number of anilines is 1. The normalized spacial score (nSPS) is 14.1. The molecule has 0 saturated carbocycles. The molecule has 0 aliphatic rings. The topological polar surface area (TPSA) is 49.3 Å². The Morgan fingerprint density at radius 1 is 1.41 bits per heavy atom. The van der Waals surface area contributed by atoms with Crippen molar-refractivity contribution in [2.24, 2.45) is 0 Å². The van der Waals surface area contributed by atoms with Crippen LogP contribution in [0.3, 0.4) is 0 Å². The van der Waals surface area contributed by atoms with Gasteiger partial charge in [0.05, 0.1) is 11.9 Å². The second-order valence-electron chi connectivity index (χ2n) is 3.81. The molecule has 3 nitrogen and oxygen atoms in total. The average molecular weight is 274 g/mol. The first-order valence-corrected chi connectivity index (χ1v) is 6.77. The number of rotatable bonds is 5. The molecular formula is C12H16ClNO2S. The second kappa shape index (κ2) is 6.89. The number of halogens is 1. The summed E-state index contributed by atoms with van der Waals surface area (Å²) in [6, 6.07) is 6.96. The zero-order valence-electron chi connectivity index (χ0n) is 9.81. The number of hydrogen-bond donors (Lipinski definition) is 2. The van der Waals surface area contributed by atoms with Crippen LogP contribution >= 0.6 is 23.4 Å². The van der Waals surface area contributed by atoms with Crippen LogP contribution in [0.15, 0.2) is 24.3 Å². The molecule has 0 spiro atoms. The molecule has 1 amide bonds. The Bertz CT molecular complexity index is 367. The highest BCUT2D eigenvalue weighted by molar-refractivity contribution is 8.00. The lowest BCUT2D eigenvalue weighted by atomic mass is 10.3. The minimum atomic E-state index is -0.414. The van der Waals surface area contributed by atoms with E-state index in [9.17, 15) is 9.90 Å². The first kappa shape index (κ1) is 14.4. The molecule has 0 fully saturated rings. The fourth-order valence-corrected chi connectivity index (χ4v) is 1.97. The van der Waals surface area contributed by atoms with Crippen molar-refractivity contribution in [2.75, 3.05) is 11.1 Å². The van der Waals surface area contributed by atoms with E-state index in [1.807, 2.05) is 6.92 Å². The molecule has 0 aliphatic heterocycles. The Hall–Kier alpha value is -0.710. The van der Waals surface area contributed by atoms with Crippen molar-refractivity contribution in [2.45, 2.75) is 25.2 Å². The minimum absolute atomic E-state index is 0.0472. The number of aliphatic hydroxyl groups is 1. The Labute approximate surface area is 111 Å². The van der Waals surface area contributed by atoms with E-state index >= 15 is 0 Å². The zero-order chi connectivity index (χ0) is 12.8. The van der Waals surface area contributed by atoms with Gasteiger partial charge in [-0.05, 0) is 31.2 Å². The summed E-state index contributed by atoms with van der Waals surface area (Å²) in [7, 11) is 0. The molecule has 0 aromatic heterocycles. The molecule has 2 N–H and O–H groups in total. The van der Waals surface area contributed by atoms with Crippen LogP contribution in [0.25, 0.3) is 0 Å². The molecule has 1 aromatic carbocycles. The van der Waals surface area contributed by atoms with Crippen LogP contribution in [0.1, 0.15) is 13.8 Å². The molecule has 0 bridgehead atoms. The smallest absolute Gasteiger partial charge is 0.234 e. The van der Waals surface area contributed by atoms with E-state index in [1.165, 1.54) is 11.8 Å². The first-order chi connectivity index (χ1) is 7.99. The quantitative estimate of drug-likeness (QED) is 0.867. The average Bonchev–Trinajstić information content (AvgIpc) is 2.29. The van der Waals surface area contributed by atoms with Gasteiger partial charge < -0.3 is 10.4 Å². The lowest BCUT2D eigenvalue weighted by molar-refractivity contribution is -0.113. The van der Waals surface area contributed by atoms with Gasteiger partial charge in [-0.25, -0.2) is 0 Å². The summed E-state index contributed by atoms with van der Waals surface area (Å²) in [5.74, 6) is 0.249. The molecule has 2 unspecified atom stereocenters. The fourth-order valence-electron chi connectivity index (χ4n) is 1.08. The Morgan fingerprint density at radius 3 is 2.53 bits per heavy atom. The van der Waals surface area contributed by atoms with Gasteiger partial charge in [0.2, 0.25) is 5.91 Å². The number of benzene rings is 1. The summed E-state index contributed by atoms with van der Waals surface area (Å²) >= 11 is 7.17. The molecular weight excluding hydrogens is 258 g/mol. The van der Waals surface area contributed by atoms with Crippen molar-refractivity contribution in [1.82, 2.24) is 0 Å². The Morgan fingerprint density at radius 2 is 2.00 bits per heavy atom. The van der Waals surface area contributed by atoms with Gasteiger partial charge in [0.1, 0.15) is 0 Å². The maximum absolute atomic E-state index is 11.6. The number of carbonyl (C=O) groups is 1. The molecule has 1 rings (SSSR count). The van der Waals surface area contributed by atoms with E-state index in [1.54, 1.807) is 31.2 Å². The van der Waals surface area contributed by atoms with Crippen molar-refractivity contribution in [3.63, 3.8) is 0 Å². The van der Waals surface area contributed by atoms with Gasteiger partial charge in [-0.15, -0.1) is 11.8 Å². The van der Waals surface area contributed by atoms with Crippen molar-refractivity contribution < 1.29 is 9.90 Å². The van der Waals surface area contributed by atoms with E-state index in [4.69, 9.17) is 11.6 Å². The van der Waals surface area contributed by atoms with Crippen LogP contribution in [0, 0.1) is 0 Å². The number of thioether (sulfide) groups is 1. The molecule has 2 atom stereocenters. The largest absolute Gasteiger partial charge is 0.392 e. The van der Waals surface area contributed by atoms with Gasteiger partial charge in [0, 0.05) is 16.0 Å². The van der Waals surface area contributed by atoms with Crippen LogP contribution in [0.4, 0.5) is 5.69 Å². The van der Waals surface area contributed by atoms with E-state index in [0.29, 0.717) is 10.8 Å². The van der Waals surface area contributed by atoms with E-state index in [-0.39, 0.29) is 11.2 Å². The highest BCUT2D eigenvalue weighted by Crippen LogP contribution is 2.16. The molecule has 1 aromatic rings. The van der Waals surface area contributed by atoms with Gasteiger partial charge in [0.15, 0.2) is 0 Å². The number of amides is 1. The SMILES string of the molecule is CC(O)C(C)SCC(=O)Nc1ccc(Cl)cc1. The number of nitrogens with one attached hydrogen (secondary N) is 1. The van der Waals surface area contributed by atoms with Gasteiger partial charge in [0.25, 0.3) is 0 Å². The summed E-state index contributed by atoms with van der Waals surface area (Å²) < 4.78 is 0. The molecule has 94 valence electrons. The van der Waals surface area contributed by atoms with Crippen molar-refractivity contribution in [3.05, 3.63) is 29.3 Å². The van der Waals surface area contributed by atoms with Gasteiger partial charge >= 0.3 is 0 Å². The molecule has 17 heavy (non-hydrogen) atoms.